The summed E-state index contributed by atoms with van der Waals surface area (Å²) >= 11 is 0. The lowest BCUT2D eigenvalue weighted by Crippen LogP contribution is -2.37. The van der Waals surface area contributed by atoms with Crippen LogP contribution < -0.4 is 23.7 Å². The van der Waals surface area contributed by atoms with Crippen molar-refractivity contribution in [1.82, 2.24) is 9.80 Å². The number of carbonyl (C=O) groups is 3. The maximum atomic E-state index is 13.1. The van der Waals surface area contributed by atoms with E-state index in [9.17, 15) is 14.4 Å². The Hall–Kier alpha value is -4.45. The van der Waals surface area contributed by atoms with E-state index >= 15 is 0 Å². The molecular formula is C32H42N2O10. The van der Waals surface area contributed by atoms with Crippen molar-refractivity contribution in [1.29, 1.82) is 0 Å². The van der Waals surface area contributed by atoms with Crippen LogP contribution in [0.4, 0.5) is 0 Å². The Morgan fingerprint density at radius 2 is 1.34 bits per heavy atom. The molecule has 12 nitrogen and oxygen atoms in total. The summed E-state index contributed by atoms with van der Waals surface area (Å²) in [5.41, 5.74) is 4.87. The number of carboxylic acids is 2. The minimum Gasteiger partial charge on any atom is -0.493 e. The first-order valence-corrected chi connectivity index (χ1v) is 14.2. The monoisotopic (exact) mass is 614 g/mol. The van der Waals surface area contributed by atoms with E-state index < -0.39 is 11.9 Å². The summed E-state index contributed by atoms with van der Waals surface area (Å²) < 4.78 is 27.6. The highest BCUT2D eigenvalue weighted by atomic mass is 16.5. The number of aliphatic carboxylic acids is 2. The smallest absolute Gasteiger partial charge is 0.328 e. The molecule has 0 saturated carbocycles. The number of hydrogen-bond donors (Lipinski definition) is 2. The van der Waals surface area contributed by atoms with E-state index in [1.807, 2.05) is 17.0 Å². The molecule has 0 spiro atoms. The summed E-state index contributed by atoms with van der Waals surface area (Å²) in [6, 6.07) is 6.15. The third-order valence-electron chi connectivity index (χ3n) is 7.83. The van der Waals surface area contributed by atoms with Gasteiger partial charge >= 0.3 is 11.9 Å². The van der Waals surface area contributed by atoms with E-state index in [4.69, 9.17) is 33.9 Å². The molecule has 1 heterocycles. The molecular weight excluding hydrogens is 572 g/mol. The Labute approximate surface area is 257 Å². The molecule has 0 bridgehead atoms. The number of nitrogens with zero attached hydrogens (tertiary/aromatic N) is 2. The SMILES string of the molecule is COc1cc2c(cc1OC)CCN(C(=O)CCN(C)CC1Cc3c1cc(OC)c(OC)c3OC)CC2.O=C(O)/C=C/C(=O)O. The molecule has 0 saturated heterocycles. The highest BCUT2D eigenvalue weighted by Gasteiger charge is 2.34. The van der Waals surface area contributed by atoms with Gasteiger partial charge in [0.05, 0.1) is 35.5 Å². The fourth-order valence-electron chi connectivity index (χ4n) is 5.55. The molecule has 12 heteroatoms. The van der Waals surface area contributed by atoms with E-state index in [0.29, 0.717) is 36.0 Å². The van der Waals surface area contributed by atoms with Crippen LogP contribution in [0.25, 0.3) is 0 Å². The van der Waals surface area contributed by atoms with Crippen molar-refractivity contribution in [3.63, 3.8) is 0 Å². The van der Waals surface area contributed by atoms with Gasteiger partial charge < -0.3 is 43.7 Å². The summed E-state index contributed by atoms with van der Waals surface area (Å²) in [6.07, 6.45) is 4.19. The Bertz CT molecular complexity index is 1320. The van der Waals surface area contributed by atoms with Gasteiger partial charge in [0.25, 0.3) is 0 Å². The zero-order valence-electron chi connectivity index (χ0n) is 26.2. The molecule has 4 rings (SSSR count). The number of carboxylic acid groups (broad SMARTS) is 2. The Morgan fingerprint density at radius 1 is 0.818 bits per heavy atom. The lowest BCUT2D eigenvalue weighted by atomic mass is 9.76. The largest absolute Gasteiger partial charge is 0.493 e. The molecule has 1 unspecified atom stereocenters. The number of benzene rings is 2. The van der Waals surface area contributed by atoms with Crippen molar-refractivity contribution < 1.29 is 48.3 Å². The van der Waals surface area contributed by atoms with E-state index in [1.54, 1.807) is 35.5 Å². The lowest BCUT2D eigenvalue weighted by Gasteiger charge is -2.35. The summed E-state index contributed by atoms with van der Waals surface area (Å²) in [5, 5.41) is 15.6. The third kappa shape index (κ3) is 8.34. The van der Waals surface area contributed by atoms with Crippen LogP contribution in [0.5, 0.6) is 28.7 Å². The highest BCUT2D eigenvalue weighted by Crippen LogP contribution is 2.50. The standard InChI is InChI=1S/C28H38N2O6.C4H4O4/c1-29(17-20-13-22-21(20)16-25(34-4)28(36-6)27(22)35-5)10-9-26(31)30-11-7-18-14-23(32-2)24(33-3)15-19(18)8-12-30;5-3(6)1-2-4(7)8/h14-16,20H,7-13,17H2,1-6H3;1-2H,(H,5,6)(H,7,8)/b;2-1+. The van der Waals surface area contributed by atoms with E-state index in [1.165, 1.54) is 22.3 Å². The van der Waals surface area contributed by atoms with Crippen LogP contribution in [0, 0.1) is 0 Å². The predicted molar refractivity (Wildman–Crippen MR) is 163 cm³/mol. The van der Waals surface area contributed by atoms with Crippen molar-refractivity contribution in [3.8, 4) is 28.7 Å². The number of amides is 1. The second-order valence-electron chi connectivity index (χ2n) is 10.5. The molecule has 1 aliphatic carbocycles. The number of likely N-dealkylation sites (N-methyl/N-ethyl adjacent to an activating group) is 1. The van der Waals surface area contributed by atoms with Gasteiger partial charge in [-0.3, -0.25) is 4.79 Å². The Kier molecular flexibility index (Phi) is 12.3. The Balaban J connectivity index is 0.000000583. The molecule has 1 atom stereocenters. The highest BCUT2D eigenvalue weighted by molar-refractivity contribution is 5.89. The second-order valence-corrected chi connectivity index (χ2v) is 10.5. The van der Waals surface area contributed by atoms with Gasteiger partial charge in [-0.25, -0.2) is 9.59 Å². The van der Waals surface area contributed by atoms with Crippen LogP contribution in [0.2, 0.25) is 0 Å². The van der Waals surface area contributed by atoms with E-state index in [2.05, 4.69) is 18.0 Å². The normalized spacial score (nSPS) is 15.2. The van der Waals surface area contributed by atoms with Crippen LogP contribution in [0.1, 0.15) is 34.6 Å². The summed E-state index contributed by atoms with van der Waals surface area (Å²) in [5.74, 6) is 1.65. The predicted octanol–water partition coefficient (Wildman–Crippen LogP) is 3.03. The molecule has 0 radical (unpaired) electrons. The number of rotatable bonds is 12. The average Bonchev–Trinajstić information content (AvgIpc) is 3.22. The molecule has 44 heavy (non-hydrogen) atoms. The van der Waals surface area contributed by atoms with Gasteiger partial charge in [-0.05, 0) is 61.2 Å². The Morgan fingerprint density at radius 3 is 1.80 bits per heavy atom. The van der Waals surface area contributed by atoms with E-state index in [0.717, 1.165) is 62.7 Å². The van der Waals surface area contributed by atoms with Crippen LogP contribution >= 0.6 is 0 Å². The van der Waals surface area contributed by atoms with Crippen molar-refractivity contribution in [3.05, 3.63) is 52.6 Å². The van der Waals surface area contributed by atoms with Crippen molar-refractivity contribution >= 4 is 17.8 Å². The van der Waals surface area contributed by atoms with Gasteiger partial charge in [0.1, 0.15) is 0 Å². The molecule has 240 valence electrons. The van der Waals surface area contributed by atoms with Gasteiger partial charge in [-0.2, -0.15) is 0 Å². The molecule has 2 N–H and O–H groups in total. The number of ether oxygens (including phenoxy) is 5. The first kappa shape index (κ1) is 34.0. The maximum absolute atomic E-state index is 13.1. The summed E-state index contributed by atoms with van der Waals surface area (Å²) in [7, 11) is 10.3. The molecule has 2 aliphatic rings. The van der Waals surface area contributed by atoms with Crippen molar-refractivity contribution in [2.45, 2.75) is 31.6 Å². The fraction of sp³-hybridized carbons (Fsp3) is 0.469. The molecule has 0 fully saturated rings. The zero-order valence-corrected chi connectivity index (χ0v) is 26.2. The molecule has 1 aliphatic heterocycles. The lowest BCUT2D eigenvalue weighted by molar-refractivity contribution is -0.134. The summed E-state index contributed by atoms with van der Waals surface area (Å²) in [6.45, 7) is 3.05. The average molecular weight is 615 g/mol. The number of hydrogen-bond acceptors (Lipinski definition) is 9. The molecule has 1 amide bonds. The minimum absolute atomic E-state index is 0.204. The zero-order chi connectivity index (χ0) is 32.4. The van der Waals surface area contributed by atoms with Crippen LogP contribution in [-0.2, 0) is 33.6 Å². The minimum atomic E-state index is -1.26. The van der Waals surface area contributed by atoms with Crippen LogP contribution in [0.3, 0.4) is 0 Å². The van der Waals surface area contributed by atoms with Gasteiger partial charge in [-0.1, -0.05) is 0 Å². The fourth-order valence-corrected chi connectivity index (χ4v) is 5.55. The summed E-state index contributed by atoms with van der Waals surface area (Å²) in [4.78, 5) is 36.4. The second kappa shape index (κ2) is 15.9. The van der Waals surface area contributed by atoms with Gasteiger partial charge in [-0.15, -0.1) is 0 Å². The number of methoxy groups -OCH3 is 5. The number of carbonyl (C=O) groups excluding carboxylic acids is 1. The van der Waals surface area contributed by atoms with Crippen LogP contribution in [0.15, 0.2) is 30.4 Å². The van der Waals surface area contributed by atoms with Crippen molar-refractivity contribution in [2.24, 2.45) is 0 Å². The van der Waals surface area contributed by atoms with Gasteiger partial charge in [0, 0.05) is 56.2 Å². The maximum Gasteiger partial charge on any atom is 0.328 e. The first-order chi connectivity index (χ1) is 21.1. The van der Waals surface area contributed by atoms with Gasteiger partial charge in [0.2, 0.25) is 11.7 Å². The number of fused-ring (bicyclic) bond motifs is 2. The third-order valence-corrected chi connectivity index (χ3v) is 7.83. The topological polar surface area (TPSA) is 144 Å². The van der Waals surface area contributed by atoms with E-state index in [-0.39, 0.29) is 5.91 Å². The first-order valence-electron chi connectivity index (χ1n) is 14.2. The van der Waals surface area contributed by atoms with Crippen LogP contribution in [-0.4, -0.2) is 107 Å². The molecule has 2 aromatic rings. The van der Waals surface area contributed by atoms with Crippen molar-refractivity contribution in [2.75, 3.05) is 68.8 Å². The quantitative estimate of drug-likeness (QED) is 0.341. The molecule has 2 aromatic carbocycles. The molecule has 0 aromatic heterocycles. The van der Waals surface area contributed by atoms with Gasteiger partial charge in [0.15, 0.2) is 23.0 Å².